The van der Waals surface area contributed by atoms with Gasteiger partial charge in [-0.05, 0) is 43.3 Å². The molecule has 0 atom stereocenters. The Hall–Kier alpha value is -4.24. The molecule has 0 aliphatic heterocycles. The van der Waals surface area contributed by atoms with E-state index in [0.717, 1.165) is 0 Å². The number of rotatable bonds is 6. The molecule has 4 rings (SSSR count). The third kappa shape index (κ3) is 4.83. The van der Waals surface area contributed by atoms with E-state index in [4.69, 9.17) is 16.3 Å². The van der Waals surface area contributed by atoms with E-state index in [1.54, 1.807) is 55.6 Å². The summed E-state index contributed by atoms with van der Waals surface area (Å²) < 4.78 is 6.88. The average molecular weight is 463 g/mol. The van der Waals surface area contributed by atoms with E-state index in [9.17, 15) is 9.59 Å². The highest BCUT2D eigenvalue weighted by molar-refractivity contribution is 6.32. The number of amides is 2. The van der Waals surface area contributed by atoms with Crippen molar-refractivity contribution in [3.63, 3.8) is 0 Å². The topological polar surface area (TPSA) is 111 Å². The van der Waals surface area contributed by atoms with Crippen molar-refractivity contribution >= 4 is 34.8 Å². The van der Waals surface area contributed by atoms with Crippen LogP contribution >= 0.6 is 11.6 Å². The summed E-state index contributed by atoms with van der Waals surface area (Å²) in [7, 11) is 1.47. The fraction of sp³-hybridized carbons (Fsp3) is 0.0870. The summed E-state index contributed by atoms with van der Waals surface area (Å²) in [5.74, 6) is 0.0384. The van der Waals surface area contributed by atoms with E-state index < -0.39 is 5.91 Å². The number of hydrogen-bond donors (Lipinski definition) is 2. The highest BCUT2D eigenvalue weighted by Crippen LogP contribution is 2.29. The van der Waals surface area contributed by atoms with Crippen molar-refractivity contribution < 1.29 is 14.3 Å². The molecule has 9 nitrogen and oxygen atoms in total. The average Bonchev–Trinajstić information content (AvgIpc) is 3.22. The number of anilines is 2. The third-order valence-corrected chi connectivity index (χ3v) is 5.00. The zero-order valence-corrected chi connectivity index (χ0v) is 18.5. The number of nitrogens with zero attached hydrogens (tertiary/aromatic N) is 4. The van der Waals surface area contributed by atoms with Crippen LogP contribution in [-0.4, -0.2) is 38.7 Å². The van der Waals surface area contributed by atoms with Crippen molar-refractivity contribution in [3.05, 3.63) is 89.2 Å². The number of para-hydroxylation sites is 1. The van der Waals surface area contributed by atoms with Crippen molar-refractivity contribution in [2.24, 2.45) is 0 Å². The van der Waals surface area contributed by atoms with Gasteiger partial charge in [-0.1, -0.05) is 23.7 Å². The molecular formula is C23H19ClN6O3. The van der Waals surface area contributed by atoms with Gasteiger partial charge in [0.2, 0.25) is 5.82 Å². The van der Waals surface area contributed by atoms with Crippen molar-refractivity contribution in [3.8, 4) is 11.4 Å². The maximum atomic E-state index is 12.7. The van der Waals surface area contributed by atoms with Crippen molar-refractivity contribution in [1.29, 1.82) is 0 Å². The minimum absolute atomic E-state index is 0.0136. The van der Waals surface area contributed by atoms with Crippen LogP contribution in [-0.2, 0) is 0 Å². The van der Waals surface area contributed by atoms with E-state index in [-0.39, 0.29) is 11.7 Å². The van der Waals surface area contributed by atoms with Crippen LogP contribution in [0.3, 0.4) is 0 Å². The van der Waals surface area contributed by atoms with Crippen LogP contribution in [0.1, 0.15) is 26.8 Å². The summed E-state index contributed by atoms with van der Waals surface area (Å²) in [5.41, 5.74) is 1.93. The Kier molecular flexibility index (Phi) is 6.32. The van der Waals surface area contributed by atoms with Gasteiger partial charge in [0, 0.05) is 24.1 Å². The molecule has 0 unspecified atom stereocenters. The van der Waals surface area contributed by atoms with Crippen LogP contribution in [0.5, 0.6) is 5.75 Å². The molecule has 0 spiro atoms. The predicted octanol–water partition coefficient (Wildman–Crippen LogP) is 4.14. The summed E-state index contributed by atoms with van der Waals surface area (Å²) in [6.45, 7) is 1.73. The molecule has 0 aliphatic carbocycles. The van der Waals surface area contributed by atoms with Crippen LogP contribution < -0.4 is 15.4 Å². The highest BCUT2D eigenvalue weighted by atomic mass is 35.5. The van der Waals surface area contributed by atoms with Crippen LogP contribution in [0.25, 0.3) is 5.69 Å². The molecular weight excluding hydrogens is 444 g/mol. The quantitative estimate of drug-likeness (QED) is 0.445. The van der Waals surface area contributed by atoms with Crippen molar-refractivity contribution in [1.82, 2.24) is 19.7 Å². The van der Waals surface area contributed by atoms with Gasteiger partial charge < -0.3 is 15.4 Å². The molecule has 0 bridgehead atoms. The van der Waals surface area contributed by atoms with Gasteiger partial charge in [0.25, 0.3) is 11.8 Å². The van der Waals surface area contributed by atoms with Crippen LogP contribution in [0.2, 0.25) is 5.02 Å². The van der Waals surface area contributed by atoms with Gasteiger partial charge in [0.15, 0.2) is 0 Å². The monoisotopic (exact) mass is 462 g/mol. The van der Waals surface area contributed by atoms with Crippen LogP contribution in [0.4, 0.5) is 11.4 Å². The minimum atomic E-state index is -0.502. The molecule has 4 aromatic rings. The first-order valence-electron chi connectivity index (χ1n) is 9.85. The number of aryl methyl sites for hydroxylation is 1. The Balaban J connectivity index is 1.51. The van der Waals surface area contributed by atoms with Gasteiger partial charge in [-0.25, -0.2) is 9.67 Å². The number of nitrogens with one attached hydrogen (secondary N) is 2. The molecule has 33 heavy (non-hydrogen) atoms. The molecule has 2 aromatic heterocycles. The number of carbonyl (C=O) groups is 2. The van der Waals surface area contributed by atoms with E-state index in [1.165, 1.54) is 18.0 Å². The molecule has 0 aliphatic rings. The summed E-state index contributed by atoms with van der Waals surface area (Å²) in [5, 5.41) is 10.3. The molecule has 0 radical (unpaired) electrons. The summed E-state index contributed by atoms with van der Waals surface area (Å²) >= 11 is 6.24. The molecule has 2 amide bonds. The normalized spacial score (nSPS) is 10.5. The SMILES string of the molecule is COc1cc(NC(=O)c2nc(C)n(-c3ccccc3Cl)n2)ccc1NC(=O)c1cccnc1. The second-order valence-corrected chi connectivity index (χ2v) is 7.32. The number of ether oxygens (including phenoxy) is 1. The van der Waals surface area contributed by atoms with Crippen molar-refractivity contribution in [2.45, 2.75) is 6.92 Å². The Labute approximate surface area is 194 Å². The lowest BCUT2D eigenvalue weighted by molar-refractivity contribution is 0.101. The molecule has 2 N–H and O–H groups in total. The van der Waals surface area contributed by atoms with Gasteiger partial charge in [0.1, 0.15) is 11.6 Å². The lowest BCUT2D eigenvalue weighted by atomic mass is 10.2. The second-order valence-electron chi connectivity index (χ2n) is 6.91. The molecule has 166 valence electrons. The lowest BCUT2D eigenvalue weighted by Crippen LogP contribution is -2.15. The lowest BCUT2D eigenvalue weighted by Gasteiger charge is -2.12. The van der Waals surface area contributed by atoms with Crippen LogP contribution in [0, 0.1) is 6.92 Å². The van der Waals surface area contributed by atoms with E-state index >= 15 is 0 Å². The van der Waals surface area contributed by atoms with E-state index in [1.807, 2.05) is 12.1 Å². The molecule has 2 heterocycles. The van der Waals surface area contributed by atoms with Crippen molar-refractivity contribution in [2.75, 3.05) is 17.7 Å². The standard InChI is InChI=1S/C23H19ClN6O3/c1-14-26-21(29-30(14)19-8-4-3-7-17(19)24)23(32)27-16-9-10-18(20(12-16)33-2)28-22(31)15-6-5-11-25-13-15/h3-13H,1-2H3,(H,27,32)(H,28,31). The molecule has 0 saturated carbocycles. The number of pyridine rings is 1. The number of carbonyl (C=O) groups excluding carboxylic acids is 2. The Morgan fingerprint density at radius 3 is 2.58 bits per heavy atom. The maximum absolute atomic E-state index is 12.7. The largest absolute Gasteiger partial charge is 0.494 e. The summed E-state index contributed by atoms with van der Waals surface area (Å²) in [6.07, 6.45) is 3.05. The number of aromatic nitrogens is 4. The summed E-state index contributed by atoms with van der Waals surface area (Å²) in [4.78, 5) is 33.3. The number of methoxy groups -OCH3 is 1. The first-order valence-corrected chi connectivity index (χ1v) is 10.2. The first kappa shape index (κ1) is 22.0. The molecule has 2 aromatic carbocycles. The predicted molar refractivity (Wildman–Crippen MR) is 124 cm³/mol. The first-order chi connectivity index (χ1) is 16.0. The fourth-order valence-electron chi connectivity index (χ4n) is 3.09. The Morgan fingerprint density at radius 2 is 1.85 bits per heavy atom. The number of benzene rings is 2. The highest BCUT2D eigenvalue weighted by Gasteiger charge is 2.18. The van der Waals surface area contributed by atoms with Gasteiger partial charge in [-0.2, -0.15) is 0 Å². The second kappa shape index (κ2) is 9.49. The minimum Gasteiger partial charge on any atom is -0.494 e. The van der Waals surface area contributed by atoms with E-state index in [0.29, 0.717) is 39.2 Å². The Bertz CT molecular complexity index is 1320. The van der Waals surface area contributed by atoms with Gasteiger partial charge in [-0.3, -0.25) is 14.6 Å². The van der Waals surface area contributed by atoms with Crippen LogP contribution in [0.15, 0.2) is 67.0 Å². The summed E-state index contributed by atoms with van der Waals surface area (Å²) in [6, 6.07) is 15.3. The number of hydrogen-bond acceptors (Lipinski definition) is 6. The zero-order chi connectivity index (χ0) is 23.4. The molecule has 0 fully saturated rings. The zero-order valence-electron chi connectivity index (χ0n) is 17.7. The van der Waals surface area contributed by atoms with E-state index in [2.05, 4.69) is 25.7 Å². The molecule has 10 heteroatoms. The van der Waals surface area contributed by atoms with Gasteiger partial charge >= 0.3 is 0 Å². The van der Waals surface area contributed by atoms with Gasteiger partial charge in [0.05, 0.1) is 29.1 Å². The van der Waals surface area contributed by atoms with Gasteiger partial charge in [-0.15, -0.1) is 5.10 Å². The Morgan fingerprint density at radius 1 is 1.03 bits per heavy atom. The third-order valence-electron chi connectivity index (χ3n) is 4.68. The maximum Gasteiger partial charge on any atom is 0.295 e. The smallest absolute Gasteiger partial charge is 0.295 e. The molecule has 0 saturated heterocycles. The fourth-order valence-corrected chi connectivity index (χ4v) is 3.30. The number of halogens is 1.